The van der Waals surface area contributed by atoms with Gasteiger partial charge in [0, 0.05) is 7.78 Å². The van der Waals surface area contributed by atoms with E-state index in [4.69, 9.17) is 4.55 Å². The van der Waals surface area contributed by atoms with Crippen LogP contribution in [0, 0.1) is 0 Å². The molecule has 0 fully saturated rings. The topological polar surface area (TPSA) is 54.4 Å². The van der Waals surface area contributed by atoms with Crippen LogP contribution in [-0.4, -0.2) is 19.6 Å². The van der Waals surface area contributed by atoms with E-state index in [1.54, 1.807) is 0 Å². The van der Waals surface area contributed by atoms with Crippen LogP contribution in [0.1, 0.15) is 0 Å². The predicted molar refractivity (Wildman–Crippen MR) is 77.7 cm³/mol. The lowest BCUT2D eigenvalue weighted by Gasteiger charge is -1.98. The van der Waals surface area contributed by atoms with E-state index in [0.717, 1.165) is 0 Å². The van der Waals surface area contributed by atoms with Gasteiger partial charge in [-0.1, -0.05) is 60.7 Å². The summed E-state index contributed by atoms with van der Waals surface area (Å²) in [7, 11) is -4.04. The molecule has 0 aliphatic carbocycles. The SMILES string of the molecule is CPS(=O)(=O)O.c1ccc(-c2ccccc2)cc1. The van der Waals surface area contributed by atoms with Gasteiger partial charge in [0.15, 0.2) is 0 Å². The minimum atomic E-state index is -3.63. The van der Waals surface area contributed by atoms with Crippen LogP contribution >= 0.6 is 7.78 Å². The smallest absolute Gasteiger partial charge is 0.277 e. The Balaban J connectivity index is 0.000000232. The van der Waals surface area contributed by atoms with Crippen LogP contribution in [0.25, 0.3) is 11.1 Å². The highest BCUT2D eigenvalue weighted by atomic mass is 32.8. The molecule has 96 valence electrons. The molecule has 0 radical (unpaired) electrons. The standard InChI is InChI=1S/C12H10.CH5O3PS/c1-3-7-11(8-4-1)12-9-5-2-6-10-12;1-5-6(2,3)4/h1-10H;5H,1H3,(H,2,3,4). The average molecular weight is 282 g/mol. The second-order valence-electron chi connectivity index (χ2n) is 3.41. The molecule has 0 aliphatic rings. The second-order valence-corrected chi connectivity index (χ2v) is 7.54. The lowest BCUT2D eigenvalue weighted by molar-refractivity contribution is 0.502. The Hall–Kier alpha value is -1.22. The van der Waals surface area contributed by atoms with E-state index in [0.29, 0.717) is 0 Å². The summed E-state index contributed by atoms with van der Waals surface area (Å²) in [6, 6.07) is 20.8. The Labute approximate surface area is 109 Å². The van der Waals surface area contributed by atoms with Crippen molar-refractivity contribution in [3.8, 4) is 11.1 Å². The van der Waals surface area contributed by atoms with Gasteiger partial charge in [0.25, 0.3) is 9.74 Å². The molecule has 2 aromatic rings. The van der Waals surface area contributed by atoms with Crippen LogP contribution in [0.5, 0.6) is 0 Å². The molecule has 3 nitrogen and oxygen atoms in total. The molecule has 0 aromatic heterocycles. The summed E-state index contributed by atoms with van der Waals surface area (Å²) in [5.41, 5.74) is 2.55. The van der Waals surface area contributed by atoms with E-state index < -0.39 is 17.5 Å². The molecule has 0 aliphatic heterocycles. The van der Waals surface area contributed by atoms with Gasteiger partial charge in [0.2, 0.25) is 0 Å². The van der Waals surface area contributed by atoms with Gasteiger partial charge in [0.05, 0.1) is 0 Å². The van der Waals surface area contributed by atoms with Crippen molar-refractivity contribution in [2.24, 2.45) is 0 Å². The van der Waals surface area contributed by atoms with Gasteiger partial charge in [-0.05, 0) is 17.8 Å². The number of hydrogen-bond acceptors (Lipinski definition) is 2. The van der Waals surface area contributed by atoms with Crippen molar-refractivity contribution >= 4 is 17.5 Å². The lowest BCUT2D eigenvalue weighted by atomic mass is 10.1. The predicted octanol–water partition coefficient (Wildman–Crippen LogP) is 3.45. The molecule has 1 unspecified atom stereocenters. The van der Waals surface area contributed by atoms with Crippen molar-refractivity contribution in [1.29, 1.82) is 0 Å². The highest BCUT2D eigenvalue weighted by molar-refractivity contribution is 8.40. The average Bonchev–Trinajstić information content (AvgIpc) is 2.41. The van der Waals surface area contributed by atoms with E-state index in [2.05, 4.69) is 48.5 Å². The third kappa shape index (κ3) is 5.92. The quantitative estimate of drug-likeness (QED) is 0.678. The van der Waals surface area contributed by atoms with E-state index in [1.165, 1.54) is 17.8 Å². The monoisotopic (exact) mass is 282 g/mol. The molecule has 2 rings (SSSR count). The van der Waals surface area contributed by atoms with Gasteiger partial charge in [0.1, 0.15) is 0 Å². The summed E-state index contributed by atoms with van der Waals surface area (Å²) in [6.45, 7) is 1.40. The van der Waals surface area contributed by atoms with Gasteiger partial charge < -0.3 is 0 Å². The van der Waals surface area contributed by atoms with Gasteiger partial charge in [-0.15, -0.1) is 0 Å². The lowest BCUT2D eigenvalue weighted by Crippen LogP contribution is -1.82. The first-order valence-corrected chi connectivity index (χ1v) is 8.96. The fraction of sp³-hybridized carbons (Fsp3) is 0.0769. The maximum atomic E-state index is 9.57. The summed E-state index contributed by atoms with van der Waals surface area (Å²) in [4.78, 5) is 0. The van der Waals surface area contributed by atoms with Crippen molar-refractivity contribution < 1.29 is 13.0 Å². The van der Waals surface area contributed by atoms with E-state index in [9.17, 15) is 8.42 Å². The Kier molecular flexibility index (Phi) is 5.99. The van der Waals surface area contributed by atoms with E-state index in [1.807, 2.05) is 12.1 Å². The zero-order valence-electron chi connectivity index (χ0n) is 9.95. The van der Waals surface area contributed by atoms with Crippen molar-refractivity contribution in [2.75, 3.05) is 6.66 Å². The third-order valence-corrected chi connectivity index (χ3v) is 4.20. The first-order valence-electron chi connectivity index (χ1n) is 5.29. The molecule has 5 heteroatoms. The number of rotatable bonds is 2. The van der Waals surface area contributed by atoms with Gasteiger partial charge in [-0.25, -0.2) is 0 Å². The third-order valence-electron chi connectivity index (χ3n) is 2.14. The Morgan fingerprint density at radius 1 is 0.833 bits per heavy atom. The van der Waals surface area contributed by atoms with Crippen molar-refractivity contribution in [3.63, 3.8) is 0 Å². The Bertz CT molecular complexity index is 516. The second kappa shape index (κ2) is 7.27. The maximum absolute atomic E-state index is 9.57. The Morgan fingerprint density at radius 2 is 1.11 bits per heavy atom. The molecule has 0 amide bonds. The molecular weight excluding hydrogens is 267 g/mol. The molecule has 2 aromatic carbocycles. The summed E-state index contributed by atoms with van der Waals surface area (Å²) in [5.74, 6) is 0. The zero-order chi connectivity index (χ0) is 13.4. The molecule has 1 atom stereocenters. The molecule has 18 heavy (non-hydrogen) atoms. The maximum Gasteiger partial charge on any atom is 0.277 e. The van der Waals surface area contributed by atoms with Crippen molar-refractivity contribution in [2.45, 2.75) is 0 Å². The minimum absolute atomic E-state index is 0.405. The molecule has 1 N–H and O–H groups in total. The fourth-order valence-electron chi connectivity index (χ4n) is 1.26. The van der Waals surface area contributed by atoms with Gasteiger partial charge in [-0.3, -0.25) is 4.55 Å². The first-order chi connectivity index (χ1) is 8.53. The Morgan fingerprint density at radius 3 is 1.33 bits per heavy atom. The first kappa shape index (κ1) is 14.8. The van der Waals surface area contributed by atoms with Crippen molar-refractivity contribution in [1.82, 2.24) is 0 Å². The van der Waals surface area contributed by atoms with E-state index >= 15 is 0 Å². The molecule has 0 saturated heterocycles. The normalized spacial score (nSPS) is 11.0. The fourth-order valence-corrected chi connectivity index (χ4v) is 1.26. The molecule has 0 heterocycles. The minimum Gasteiger partial charge on any atom is -0.283 e. The van der Waals surface area contributed by atoms with Gasteiger partial charge in [-0.2, -0.15) is 8.42 Å². The van der Waals surface area contributed by atoms with Crippen LogP contribution in [0.4, 0.5) is 0 Å². The number of hydrogen-bond donors (Lipinski definition) is 1. The molecule has 0 spiro atoms. The summed E-state index contributed by atoms with van der Waals surface area (Å²) in [6.07, 6.45) is 0. The van der Waals surface area contributed by atoms with Crippen LogP contribution < -0.4 is 0 Å². The summed E-state index contributed by atoms with van der Waals surface area (Å²) >= 11 is 0. The van der Waals surface area contributed by atoms with Crippen LogP contribution in [0.2, 0.25) is 0 Å². The van der Waals surface area contributed by atoms with Crippen LogP contribution in [0.3, 0.4) is 0 Å². The molecular formula is C13H15O3PS. The van der Waals surface area contributed by atoms with Crippen molar-refractivity contribution in [3.05, 3.63) is 60.7 Å². The zero-order valence-corrected chi connectivity index (χ0v) is 11.8. The summed E-state index contributed by atoms with van der Waals surface area (Å²) < 4.78 is 26.9. The summed E-state index contributed by atoms with van der Waals surface area (Å²) in [5, 5.41) is 0. The highest BCUT2D eigenvalue weighted by Gasteiger charge is 1.93. The number of benzene rings is 2. The van der Waals surface area contributed by atoms with Gasteiger partial charge >= 0.3 is 0 Å². The van der Waals surface area contributed by atoms with Crippen LogP contribution in [-0.2, 0) is 9.74 Å². The largest absolute Gasteiger partial charge is 0.283 e. The highest BCUT2D eigenvalue weighted by Crippen LogP contribution is 2.17. The molecule has 0 saturated carbocycles. The van der Waals surface area contributed by atoms with Crippen LogP contribution in [0.15, 0.2) is 60.7 Å². The van der Waals surface area contributed by atoms with E-state index in [-0.39, 0.29) is 0 Å². The molecule has 0 bridgehead atoms.